The molecule has 0 saturated carbocycles. The Hall–Kier alpha value is -3.97. The van der Waals surface area contributed by atoms with Crippen molar-refractivity contribution in [2.24, 2.45) is 4.99 Å². The van der Waals surface area contributed by atoms with Crippen LogP contribution in [0.5, 0.6) is 0 Å². The minimum absolute atomic E-state index is 0.117. The van der Waals surface area contributed by atoms with Crippen LogP contribution < -0.4 is 20.9 Å². The van der Waals surface area contributed by atoms with Crippen LogP contribution in [0.3, 0.4) is 0 Å². The number of amides is 2. The SMILES string of the molecule is CC(NC(=O)c1ccc2c(c1)C(NC(=O)c1ccc(N3CCNCC3)cc1)=NC2)c1ccccc1. The molecule has 1 atom stereocenters. The van der Waals surface area contributed by atoms with Gasteiger partial charge in [-0.1, -0.05) is 36.4 Å². The number of piperazine rings is 1. The minimum Gasteiger partial charge on any atom is -0.369 e. The molecule has 2 aliphatic heterocycles. The number of fused-ring (bicyclic) bond motifs is 1. The van der Waals surface area contributed by atoms with Crippen molar-refractivity contribution in [2.45, 2.75) is 19.5 Å². The molecule has 1 fully saturated rings. The predicted octanol–water partition coefficient (Wildman–Crippen LogP) is 3.28. The highest BCUT2D eigenvalue weighted by atomic mass is 16.2. The van der Waals surface area contributed by atoms with Crippen LogP contribution in [0.1, 0.15) is 50.4 Å². The monoisotopic (exact) mass is 467 g/mol. The van der Waals surface area contributed by atoms with Crippen LogP contribution in [0.25, 0.3) is 0 Å². The fourth-order valence-electron chi connectivity index (χ4n) is 4.46. The number of anilines is 1. The lowest BCUT2D eigenvalue weighted by molar-refractivity contribution is 0.0938. The molecule has 3 aromatic carbocycles. The zero-order valence-corrected chi connectivity index (χ0v) is 19.8. The second-order valence-corrected chi connectivity index (χ2v) is 8.88. The van der Waals surface area contributed by atoms with Crippen molar-refractivity contribution in [1.29, 1.82) is 0 Å². The average molecular weight is 468 g/mol. The van der Waals surface area contributed by atoms with E-state index in [0.717, 1.165) is 48.6 Å². The summed E-state index contributed by atoms with van der Waals surface area (Å²) in [7, 11) is 0. The fraction of sp³-hybridized carbons (Fsp3) is 0.250. The number of carbonyl (C=O) groups is 2. The zero-order valence-electron chi connectivity index (χ0n) is 19.8. The number of amidine groups is 1. The first kappa shape index (κ1) is 22.8. The Morgan fingerprint density at radius 2 is 1.63 bits per heavy atom. The largest absolute Gasteiger partial charge is 0.369 e. The fourth-order valence-corrected chi connectivity index (χ4v) is 4.46. The first-order valence-corrected chi connectivity index (χ1v) is 12.0. The van der Waals surface area contributed by atoms with E-state index in [0.29, 0.717) is 23.5 Å². The molecule has 0 aromatic heterocycles. The van der Waals surface area contributed by atoms with Gasteiger partial charge >= 0.3 is 0 Å². The molecule has 0 aliphatic carbocycles. The summed E-state index contributed by atoms with van der Waals surface area (Å²) in [5.41, 5.74) is 5.05. The number of benzene rings is 3. The molecule has 3 N–H and O–H groups in total. The summed E-state index contributed by atoms with van der Waals surface area (Å²) in [6.45, 7) is 6.29. The third kappa shape index (κ3) is 5.10. The lowest BCUT2D eigenvalue weighted by Crippen LogP contribution is -2.43. The van der Waals surface area contributed by atoms with Crippen molar-refractivity contribution < 1.29 is 9.59 Å². The van der Waals surface area contributed by atoms with Gasteiger partial charge < -0.3 is 20.9 Å². The number of nitrogens with zero attached hydrogens (tertiary/aromatic N) is 2. The lowest BCUT2D eigenvalue weighted by atomic mass is 10.0. The van der Waals surface area contributed by atoms with E-state index in [4.69, 9.17) is 0 Å². The predicted molar refractivity (Wildman–Crippen MR) is 138 cm³/mol. The van der Waals surface area contributed by atoms with E-state index in [1.807, 2.05) is 73.7 Å². The molecule has 1 saturated heterocycles. The average Bonchev–Trinajstić information content (AvgIpc) is 3.31. The van der Waals surface area contributed by atoms with Gasteiger partial charge in [0.25, 0.3) is 11.8 Å². The molecule has 0 radical (unpaired) electrons. The quantitative estimate of drug-likeness (QED) is 0.538. The van der Waals surface area contributed by atoms with E-state index < -0.39 is 0 Å². The van der Waals surface area contributed by atoms with Gasteiger partial charge in [0.1, 0.15) is 5.84 Å². The topological polar surface area (TPSA) is 85.8 Å². The Labute approximate surface area is 205 Å². The van der Waals surface area contributed by atoms with Crippen LogP contribution in [0.4, 0.5) is 5.69 Å². The third-order valence-electron chi connectivity index (χ3n) is 6.53. The van der Waals surface area contributed by atoms with Crippen LogP contribution in [-0.2, 0) is 6.54 Å². The van der Waals surface area contributed by atoms with Gasteiger partial charge in [0.05, 0.1) is 12.6 Å². The van der Waals surface area contributed by atoms with Crippen molar-refractivity contribution >= 4 is 23.3 Å². The van der Waals surface area contributed by atoms with Crippen molar-refractivity contribution in [1.82, 2.24) is 16.0 Å². The Balaban J connectivity index is 1.25. The molecule has 3 aromatic rings. The Bertz CT molecular complexity index is 1250. The molecular weight excluding hydrogens is 438 g/mol. The summed E-state index contributed by atoms with van der Waals surface area (Å²) >= 11 is 0. The zero-order chi connectivity index (χ0) is 24.2. The number of nitrogens with one attached hydrogen (secondary N) is 3. The first-order valence-electron chi connectivity index (χ1n) is 12.0. The van der Waals surface area contributed by atoms with Crippen molar-refractivity contribution in [3.05, 3.63) is 101 Å². The van der Waals surface area contributed by atoms with E-state index in [2.05, 4.69) is 25.8 Å². The summed E-state index contributed by atoms with van der Waals surface area (Å²) in [4.78, 5) is 32.6. The van der Waals surface area contributed by atoms with E-state index in [-0.39, 0.29) is 17.9 Å². The van der Waals surface area contributed by atoms with E-state index in [1.165, 1.54) is 0 Å². The molecule has 2 heterocycles. The molecule has 2 aliphatic rings. The van der Waals surface area contributed by atoms with Crippen LogP contribution in [0, 0.1) is 0 Å². The van der Waals surface area contributed by atoms with Gasteiger partial charge in [-0.3, -0.25) is 14.6 Å². The Morgan fingerprint density at radius 1 is 0.914 bits per heavy atom. The van der Waals surface area contributed by atoms with Gasteiger partial charge in [-0.15, -0.1) is 0 Å². The number of aliphatic imine (C=N–C) groups is 1. The molecule has 1 unspecified atom stereocenters. The number of hydrogen-bond acceptors (Lipinski definition) is 5. The summed E-state index contributed by atoms with van der Waals surface area (Å²) in [5, 5.41) is 9.33. The van der Waals surface area contributed by atoms with Crippen molar-refractivity contribution in [3.63, 3.8) is 0 Å². The van der Waals surface area contributed by atoms with Crippen molar-refractivity contribution in [3.8, 4) is 0 Å². The highest BCUT2D eigenvalue weighted by molar-refractivity contribution is 6.15. The Morgan fingerprint density at radius 3 is 2.37 bits per heavy atom. The standard InChI is InChI=1S/C28H29N5O2/c1-19(20-5-3-2-4-6-20)31-28(35)22-7-8-23-18-30-26(25(23)17-22)32-27(34)21-9-11-24(12-10-21)33-15-13-29-14-16-33/h2-12,17,19,29H,13-16,18H2,1H3,(H,31,35)(H,30,32,34). The van der Waals surface area contributed by atoms with Crippen LogP contribution >= 0.6 is 0 Å². The molecule has 5 rings (SSSR count). The smallest absolute Gasteiger partial charge is 0.256 e. The number of hydrogen-bond donors (Lipinski definition) is 3. The van der Waals surface area contributed by atoms with Crippen molar-refractivity contribution in [2.75, 3.05) is 31.1 Å². The van der Waals surface area contributed by atoms with Gasteiger partial charge in [0.15, 0.2) is 0 Å². The second kappa shape index (κ2) is 10.1. The van der Waals surface area contributed by atoms with Gasteiger partial charge in [0, 0.05) is 48.6 Å². The molecule has 7 heteroatoms. The van der Waals surface area contributed by atoms with Crippen LogP contribution in [-0.4, -0.2) is 43.8 Å². The molecule has 0 spiro atoms. The highest BCUT2D eigenvalue weighted by Crippen LogP contribution is 2.21. The summed E-state index contributed by atoms with van der Waals surface area (Å²) in [6.07, 6.45) is 0. The van der Waals surface area contributed by atoms with Gasteiger partial charge in [-0.2, -0.15) is 0 Å². The van der Waals surface area contributed by atoms with E-state index in [1.54, 1.807) is 6.07 Å². The second-order valence-electron chi connectivity index (χ2n) is 8.88. The Kier molecular flexibility index (Phi) is 6.59. The third-order valence-corrected chi connectivity index (χ3v) is 6.53. The van der Waals surface area contributed by atoms with Gasteiger partial charge in [0.2, 0.25) is 0 Å². The molecule has 7 nitrogen and oxygen atoms in total. The van der Waals surface area contributed by atoms with E-state index >= 15 is 0 Å². The number of carbonyl (C=O) groups excluding carboxylic acids is 2. The molecule has 2 amide bonds. The highest BCUT2D eigenvalue weighted by Gasteiger charge is 2.21. The normalized spacial score (nSPS) is 15.7. The lowest BCUT2D eigenvalue weighted by Gasteiger charge is -2.29. The maximum atomic E-state index is 12.9. The van der Waals surface area contributed by atoms with Gasteiger partial charge in [-0.25, -0.2) is 0 Å². The molecule has 178 valence electrons. The summed E-state index contributed by atoms with van der Waals surface area (Å²) in [5.74, 6) is 0.128. The number of rotatable bonds is 5. The molecule has 35 heavy (non-hydrogen) atoms. The molecule has 0 bridgehead atoms. The maximum Gasteiger partial charge on any atom is 0.256 e. The van der Waals surface area contributed by atoms with Crippen LogP contribution in [0.15, 0.2) is 77.8 Å². The van der Waals surface area contributed by atoms with E-state index in [9.17, 15) is 9.59 Å². The van der Waals surface area contributed by atoms with Gasteiger partial charge in [-0.05, 0) is 54.4 Å². The minimum atomic E-state index is -0.212. The maximum absolute atomic E-state index is 12.9. The summed E-state index contributed by atoms with van der Waals surface area (Å²) < 4.78 is 0. The summed E-state index contributed by atoms with van der Waals surface area (Å²) in [6, 6.07) is 22.9. The first-order chi connectivity index (χ1) is 17.1. The molecular formula is C28H29N5O2. The van der Waals surface area contributed by atoms with Crippen LogP contribution in [0.2, 0.25) is 0 Å².